The molecule has 0 bridgehead atoms. The number of halogens is 1. The summed E-state index contributed by atoms with van der Waals surface area (Å²) in [5.74, 6) is -5.50. The Hall–Kier alpha value is -4.81. The number of amides is 5. The van der Waals surface area contributed by atoms with E-state index in [1.165, 1.54) is 18.2 Å². The van der Waals surface area contributed by atoms with Gasteiger partial charge in [-0.05, 0) is 41.5 Å². The first-order chi connectivity index (χ1) is 21.3. The number of nitrogens with one attached hydrogen (secondary N) is 4. The second-order valence-electron chi connectivity index (χ2n) is 11.2. The molecular formula is C32H42FN5O7. The van der Waals surface area contributed by atoms with Crippen molar-refractivity contribution in [2.24, 2.45) is 17.6 Å². The van der Waals surface area contributed by atoms with Crippen LogP contribution >= 0.6 is 0 Å². The molecule has 13 heteroatoms. The third-order valence-electron chi connectivity index (χ3n) is 6.96. The van der Waals surface area contributed by atoms with Crippen molar-refractivity contribution in [1.82, 2.24) is 21.3 Å². The number of benzene rings is 2. The highest BCUT2D eigenvalue weighted by atomic mass is 19.1. The average molecular weight is 628 g/mol. The number of Topliss-reactive ketones (excluding diaryl/α,β-unsaturated/α-hetero) is 1. The zero-order chi connectivity index (χ0) is 33.5. The van der Waals surface area contributed by atoms with Crippen molar-refractivity contribution in [3.8, 4) is 0 Å². The van der Waals surface area contributed by atoms with Crippen LogP contribution in [0.1, 0.15) is 51.7 Å². The molecule has 0 spiro atoms. The molecule has 2 rings (SSSR count). The average Bonchev–Trinajstić information content (AvgIpc) is 3.00. The highest BCUT2D eigenvalue weighted by Gasteiger charge is 2.34. The lowest BCUT2D eigenvalue weighted by molar-refractivity contribution is -0.141. The Morgan fingerprint density at radius 2 is 1.53 bits per heavy atom. The van der Waals surface area contributed by atoms with Crippen molar-refractivity contribution >= 4 is 35.5 Å². The van der Waals surface area contributed by atoms with Gasteiger partial charge in [0, 0.05) is 6.42 Å². The van der Waals surface area contributed by atoms with Crippen LogP contribution in [0.5, 0.6) is 0 Å². The molecule has 0 aliphatic rings. The van der Waals surface area contributed by atoms with Gasteiger partial charge in [-0.15, -0.1) is 0 Å². The standard InChI is InChI=1S/C32H42FN5O7/c1-5-20(4)27(38-30(42)25(14-19(2)3)37-32(44)45-18-21-10-7-6-8-11-21)28(40)31(43)35-17-26(39)36-24(29(34)41)16-22-12-9-13-23(33)15-22/h6-13,15,19-20,24-25,27H,5,14,16-18H2,1-4H3,(H2,34,41)(H,35,43)(H,36,39)(H,37,44)(H,38,42). The van der Waals surface area contributed by atoms with Gasteiger partial charge in [-0.2, -0.15) is 0 Å². The van der Waals surface area contributed by atoms with Crippen molar-refractivity contribution in [2.75, 3.05) is 6.54 Å². The van der Waals surface area contributed by atoms with Gasteiger partial charge in [0.25, 0.3) is 5.91 Å². The molecule has 0 aliphatic carbocycles. The minimum absolute atomic E-state index is 0.00455. The Kier molecular flexibility index (Phi) is 14.6. The number of primary amides is 1. The molecule has 0 aromatic heterocycles. The van der Waals surface area contributed by atoms with E-state index in [0.717, 1.165) is 5.56 Å². The van der Waals surface area contributed by atoms with Crippen molar-refractivity contribution in [1.29, 1.82) is 0 Å². The van der Waals surface area contributed by atoms with Crippen LogP contribution in [-0.4, -0.2) is 60.2 Å². The van der Waals surface area contributed by atoms with E-state index in [2.05, 4.69) is 21.3 Å². The topological polar surface area (TPSA) is 186 Å². The lowest BCUT2D eigenvalue weighted by atomic mass is 9.94. The van der Waals surface area contributed by atoms with Crippen LogP contribution in [0, 0.1) is 17.7 Å². The summed E-state index contributed by atoms with van der Waals surface area (Å²) >= 11 is 0. The first-order valence-electron chi connectivity index (χ1n) is 14.7. The van der Waals surface area contributed by atoms with E-state index in [9.17, 15) is 33.2 Å². The molecule has 0 saturated heterocycles. The second-order valence-corrected chi connectivity index (χ2v) is 11.2. The second kappa shape index (κ2) is 18.1. The smallest absolute Gasteiger partial charge is 0.408 e. The third kappa shape index (κ3) is 12.8. The predicted octanol–water partition coefficient (Wildman–Crippen LogP) is 1.90. The minimum atomic E-state index is -1.26. The third-order valence-corrected chi connectivity index (χ3v) is 6.96. The highest BCUT2D eigenvalue weighted by molar-refractivity contribution is 6.38. The fraction of sp³-hybridized carbons (Fsp3) is 0.438. The Balaban J connectivity index is 2.01. The van der Waals surface area contributed by atoms with Gasteiger partial charge in [-0.25, -0.2) is 9.18 Å². The van der Waals surface area contributed by atoms with Crippen molar-refractivity contribution in [2.45, 2.75) is 71.7 Å². The number of carbonyl (C=O) groups is 6. The quantitative estimate of drug-likeness (QED) is 0.166. The summed E-state index contributed by atoms with van der Waals surface area (Å²) in [7, 11) is 0. The normalized spacial score (nSPS) is 13.5. The van der Waals surface area contributed by atoms with Crippen LogP contribution in [0.3, 0.4) is 0 Å². The molecule has 0 saturated carbocycles. The number of hydrogen-bond donors (Lipinski definition) is 5. The summed E-state index contributed by atoms with van der Waals surface area (Å²) < 4.78 is 18.7. The van der Waals surface area contributed by atoms with Crippen molar-refractivity contribution in [3.63, 3.8) is 0 Å². The number of hydrogen-bond acceptors (Lipinski definition) is 7. The van der Waals surface area contributed by atoms with E-state index in [1.807, 2.05) is 19.9 Å². The van der Waals surface area contributed by atoms with Gasteiger partial charge in [-0.1, -0.05) is 76.6 Å². The maximum Gasteiger partial charge on any atom is 0.408 e. The summed E-state index contributed by atoms with van der Waals surface area (Å²) in [6, 6.07) is 10.9. The van der Waals surface area contributed by atoms with E-state index < -0.39 is 71.9 Å². The van der Waals surface area contributed by atoms with Crippen LogP contribution in [0.2, 0.25) is 0 Å². The molecule has 0 fully saturated rings. The zero-order valence-electron chi connectivity index (χ0n) is 25.9. The molecule has 244 valence electrons. The highest BCUT2D eigenvalue weighted by Crippen LogP contribution is 2.12. The van der Waals surface area contributed by atoms with Gasteiger partial charge in [0.2, 0.25) is 23.5 Å². The number of alkyl carbamates (subject to hydrolysis) is 1. The molecule has 0 radical (unpaired) electrons. The fourth-order valence-electron chi connectivity index (χ4n) is 4.32. The van der Waals surface area contributed by atoms with E-state index in [1.54, 1.807) is 44.2 Å². The number of nitrogens with two attached hydrogens (primary N) is 1. The van der Waals surface area contributed by atoms with Crippen LogP contribution in [0.25, 0.3) is 0 Å². The fourth-order valence-corrected chi connectivity index (χ4v) is 4.32. The molecule has 45 heavy (non-hydrogen) atoms. The van der Waals surface area contributed by atoms with Gasteiger partial charge in [0.05, 0.1) is 12.6 Å². The van der Waals surface area contributed by atoms with Gasteiger partial charge in [0.15, 0.2) is 0 Å². The summed E-state index contributed by atoms with van der Waals surface area (Å²) in [4.78, 5) is 76.0. The van der Waals surface area contributed by atoms with E-state index in [0.29, 0.717) is 12.0 Å². The van der Waals surface area contributed by atoms with Gasteiger partial charge < -0.3 is 31.7 Å². The molecule has 12 nitrogen and oxygen atoms in total. The summed E-state index contributed by atoms with van der Waals surface area (Å²) in [6.07, 6.45) is -0.247. The molecule has 2 aromatic carbocycles. The first-order valence-corrected chi connectivity index (χ1v) is 14.7. The Bertz CT molecular complexity index is 1340. The molecule has 0 aliphatic heterocycles. The Morgan fingerprint density at radius 1 is 0.867 bits per heavy atom. The van der Waals surface area contributed by atoms with Gasteiger partial charge in [0.1, 0.15) is 24.5 Å². The first kappa shape index (κ1) is 36.4. The van der Waals surface area contributed by atoms with Crippen molar-refractivity contribution < 1.29 is 37.9 Å². The van der Waals surface area contributed by atoms with Gasteiger partial charge >= 0.3 is 6.09 Å². The van der Waals surface area contributed by atoms with E-state index in [-0.39, 0.29) is 25.4 Å². The minimum Gasteiger partial charge on any atom is -0.445 e. The Labute approximate surface area is 262 Å². The monoisotopic (exact) mass is 627 g/mol. The molecule has 4 atom stereocenters. The van der Waals surface area contributed by atoms with E-state index in [4.69, 9.17) is 10.5 Å². The number of ether oxygens (including phenoxy) is 1. The molecule has 2 aromatic rings. The predicted molar refractivity (Wildman–Crippen MR) is 164 cm³/mol. The molecule has 6 N–H and O–H groups in total. The SMILES string of the molecule is CCC(C)C(NC(=O)C(CC(C)C)NC(=O)OCc1ccccc1)C(=O)C(=O)NCC(=O)NC(Cc1cccc(F)c1)C(N)=O. The largest absolute Gasteiger partial charge is 0.445 e. The van der Waals surface area contributed by atoms with Crippen LogP contribution in [0.4, 0.5) is 9.18 Å². The molecular weight excluding hydrogens is 585 g/mol. The molecule has 4 unspecified atom stereocenters. The number of ketones is 1. The van der Waals surface area contributed by atoms with Crippen molar-refractivity contribution in [3.05, 3.63) is 71.5 Å². The summed E-state index contributed by atoms with van der Waals surface area (Å²) in [6.45, 7) is 6.49. The summed E-state index contributed by atoms with van der Waals surface area (Å²) in [5.41, 5.74) is 6.55. The number of carbonyl (C=O) groups excluding carboxylic acids is 6. The lowest BCUT2D eigenvalue weighted by Crippen LogP contribution is -2.56. The molecule has 5 amide bonds. The van der Waals surface area contributed by atoms with Crippen LogP contribution in [0.15, 0.2) is 54.6 Å². The zero-order valence-corrected chi connectivity index (χ0v) is 25.9. The van der Waals surface area contributed by atoms with Crippen LogP contribution in [-0.2, 0) is 41.7 Å². The Morgan fingerprint density at radius 3 is 2.13 bits per heavy atom. The number of rotatable bonds is 17. The van der Waals surface area contributed by atoms with Crippen LogP contribution < -0.4 is 27.0 Å². The maximum atomic E-state index is 13.5. The molecule has 0 heterocycles. The maximum absolute atomic E-state index is 13.5. The van der Waals surface area contributed by atoms with E-state index >= 15 is 0 Å². The van der Waals surface area contributed by atoms with Gasteiger partial charge in [-0.3, -0.25) is 24.0 Å². The lowest BCUT2D eigenvalue weighted by Gasteiger charge is -2.26. The summed E-state index contributed by atoms with van der Waals surface area (Å²) in [5, 5.41) is 9.69.